The Hall–Kier alpha value is -3.63. The molecular weight excluding hydrogens is 474 g/mol. The van der Waals surface area contributed by atoms with Crippen LogP contribution in [0.3, 0.4) is 0 Å². The average molecular weight is 496 g/mol. The summed E-state index contributed by atoms with van der Waals surface area (Å²) in [5.74, 6) is 0.131. The van der Waals surface area contributed by atoms with Gasteiger partial charge in [0.2, 0.25) is 5.91 Å². The number of nitrogens with zero attached hydrogens (tertiary/aromatic N) is 1. The van der Waals surface area contributed by atoms with E-state index in [1.807, 2.05) is 31.2 Å². The molecule has 34 heavy (non-hydrogen) atoms. The highest BCUT2D eigenvalue weighted by molar-refractivity contribution is 8.00. The first kappa shape index (κ1) is 23.5. The highest BCUT2D eigenvalue weighted by Gasteiger charge is 2.21. The molecule has 2 heterocycles. The first-order valence-corrected chi connectivity index (χ1v) is 11.9. The highest BCUT2D eigenvalue weighted by atomic mass is 32.2. The van der Waals surface area contributed by atoms with Crippen molar-refractivity contribution in [2.75, 3.05) is 12.4 Å². The molecule has 8 nitrogen and oxygen atoms in total. The number of aryl methyl sites for hydroxylation is 1. The third-order valence-electron chi connectivity index (χ3n) is 5.15. The lowest BCUT2D eigenvalue weighted by molar-refractivity contribution is -0.115. The molecule has 0 aliphatic carbocycles. The summed E-state index contributed by atoms with van der Waals surface area (Å²) < 4.78 is 5.31. The molecule has 1 atom stereocenters. The molecule has 0 bridgehead atoms. The molecule has 4 rings (SSSR count). The van der Waals surface area contributed by atoms with Crippen molar-refractivity contribution in [1.82, 2.24) is 9.97 Å². The largest absolute Gasteiger partial charge is 0.506 e. The first-order valence-electron chi connectivity index (χ1n) is 10.2. The van der Waals surface area contributed by atoms with Crippen LogP contribution < -0.4 is 15.6 Å². The Morgan fingerprint density at radius 3 is 2.82 bits per heavy atom. The predicted molar refractivity (Wildman–Crippen MR) is 134 cm³/mol. The molecule has 0 spiro atoms. The van der Waals surface area contributed by atoms with E-state index < -0.39 is 11.2 Å². The first-order chi connectivity index (χ1) is 16.3. The number of thiophene rings is 1. The zero-order chi connectivity index (χ0) is 24.4. The number of hydrogen-bond donors (Lipinski definition) is 3. The zero-order valence-electron chi connectivity index (χ0n) is 18.5. The van der Waals surface area contributed by atoms with Gasteiger partial charge in [-0.15, -0.1) is 11.3 Å². The predicted octanol–water partition coefficient (Wildman–Crippen LogP) is 4.61. The second kappa shape index (κ2) is 9.70. The molecule has 4 aromatic rings. The lowest BCUT2D eigenvalue weighted by Gasteiger charge is -2.12. The summed E-state index contributed by atoms with van der Waals surface area (Å²) in [4.78, 5) is 45.5. The van der Waals surface area contributed by atoms with E-state index in [0.717, 1.165) is 27.8 Å². The fourth-order valence-corrected chi connectivity index (χ4v) is 5.36. The number of ether oxygens (including phenoxy) is 1. The third kappa shape index (κ3) is 4.68. The molecule has 0 radical (unpaired) electrons. The van der Waals surface area contributed by atoms with E-state index in [0.29, 0.717) is 33.0 Å². The Labute approximate surface area is 203 Å². The number of aromatic amines is 1. The Bertz CT molecular complexity index is 1460. The smallest absolute Gasteiger partial charge is 0.260 e. The van der Waals surface area contributed by atoms with E-state index in [2.05, 4.69) is 15.3 Å². The van der Waals surface area contributed by atoms with Gasteiger partial charge in [-0.1, -0.05) is 23.9 Å². The maximum atomic E-state index is 13.0. The molecule has 0 aliphatic rings. The average Bonchev–Trinajstić information content (AvgIpc) is 3.16. The molecule has 0 aliphatic heterocycles. The molecule has 1 unspecified atom stereocenters. The van der Waals surface area contributed by atoms with Crippen LogP contribution in [0.15, 0.2) is 52.4 Å². The van der Waals surface area contributed by atoms with Gasteiger partial charge in [0.1, 0.15) is 22.6 Å². The molecule has 0 saturated carbocycles. The van der Waals surface area contributed by atoms with Crippen LogP contribution in [0.1, 0.15) is 22.2 Å². The number of nitrogens with one attached hydrogen (secondary N) is 2. The minimum atomic E-state index is -0.640. The summed E-state index contributed by atoms with van der Waals surface area (Å²) >= 11 is 2.50. The molecule has 1 amide bonds. The Balaban J connectivity index is 1.60. The number of methoxy groups -OCH3 is 1. The van der Waals surface area contributed by atoms with Gasteiger partial charge in [0.15, 0.2) is 5.16 Å². The summed E-state index contributed by atoms with van der Waals surface area (Å²) in [6.07, 6.45) is 0.625. The molecule has 3 N–H and O–H groups in total. The van der Waals surface area contributed by atoms with Crippen LogP contribution in [0.5, 0.6) is 11.5 Å². The number of carbonyl (C=O) groups is 2. The second-order valence-electron chi connectivity index (χ2n) is 7.46. The lowest BCUT2D eigenvalue weighted by Crippen LogP contribution is -2.23. The summed E-state index contributed by atoms with van der Waals surface area (Å²) in [6.45, 7) is 3.59. The van der Waals surface area contributed by atoms with E-state index >= 15 is 0 Å². The van der Waals surface area contributed by atoms with Gasteiger partial charge in [0, 0.05) is 16.0 Å². The Morgan fingerprint density at radius 2 is 2.09 bits per heavy atom. The molecule has 0 saturated heterocycles. The Morgan fingerprint density at radius 1 is 1.29 bits per heavy atom. The van der Waals surface area contributed by atoms with Gasteiger partial charge >= 0.3 is 0 Å². The van der Waals surface area contributed by atoms with Crippen molar-refractivity contribution in [3.05, 3.63) is 63.3 Å². The number of H-pyrrole nitrogens is 1. The normalized spacial score (nSPS) is 11.9. The van der Waals surface area contributed by atoms with Gasteiger partial charge in [0.25, 0.3) is 5.56 Å². The lowest BCUT2D eigenvalue weighted by atomic mass is 10.0. The van der Waals surface area contributed by atoms with Crippen molar-refractivity contribution >= 4 is 51.2 Å². The number of thioether (sulfide) groups is 1. The van der Waals surface area contributed by atoms with E-state index in [-0.39, 0.29) is 17.0 Å². The number of aromatic hydroxyl groups is 1. The summed E-state index contributed by atoms with van der Waals surface area (Å²) in [7, 11) is 1.59. The van der Waals surface area contributed by atoms with Crippen LogP contribution in [0, 0.1) is 6.92 Å². The minimum Gasteiger partial charge on any atom is -0.506 e. The second-order valence-corrected chi connectivity index (χ2v) is 9.99. The summed E-state index contributed by atoms with van der Waals surface area (Å²) in [5, 5.41) is 12.7. The number of anilines is 1. The van der Waals surface area contributed by atoms with Crippen LogP contribution in [0.4, 0.5) is 5.69 Å². The number of phenolic OH excluding ortho intramolecular Hbond substituents is 1. The van der Waals surface area contributed by atoms with Gasteiger partial charge in [-0.25, -0.2) is 4.98 Å². The van der Waals surface area contributed by atoms with Gasteiger partial charge in [-0.3, -0.25) is 14.4 Å². The van der Waals surface area contributed by atoms with Crippen molar-refractivity contribution in [3.63, 3.8) is 0 Å². The molecule has 174 valence electrons. The SMILES string of the molecule is COc1cccc(-c2c(C)sc3nc(SC(C)C(=O)Nc4cc(C=O)ccc4O)[nH]c(=O)c23)c1. The standard InChI is InChI=1S/C24H21N3O5S2/c1-12-19(15-5-4-6-16(10-15)32-3)20-22(31)26-24(27-23(20)33-12)34-13(2)21(30)25-17-9-14(11-28)7-8-18(17)29/h4-11,13,29H,1-3H3,(H,25,30)(H,26,27,31). The molecule has 2 aromatic carbocycles. The number of rotatable bonds is 7. The van der Waals surface area contributed by atoms with Crippen molar-refractivity contribution < 1.29 is 19.4 Å². The third-order valence-corrected chi connectivity index (χ3v) is 7.13. The molecule has 0 fully saturated rings. The van der Waals surface area contributed by atoms with Gasteiger partial charge in [-0.2, -0.15) is 0 Å². The number of phenols is 1. The van der Waals surface area contributed by atoms with Crippen LogP contribution in [-0.2, 0) is 4.79 Å². The number of amides is 1. The number of carbonyl (C=O) groups excluding carboxylic acids is 2. The minimum absolute atomic E-state index is 0.135. The van der Waals surface area contributed by atoms with Crippen LogP contribution >= 0.6 is 23.1 Å². The van der Waals surface area contributed by atoms with Crippen molar-refractivity contribution in [2.45, 2.75) is 24.3 Å². The molecular formula is C24H21N3O5S2. The number of fused-ring (bicyclic) bond motifs is 1. The van der Waals surface area contributed by atoms with Crippen LogP contribution in [0.25, 0.3) is 21.3 Å². The fraction of sp³-hybridized carbons (Fsp3) is 0.167. The Kier molecular flexibility index (Phi) is 6.71. The van der Waals surface area contributed by atoms with Crippen molar-refractivity contribution in [1.29, 1.82) is 0 Å². The number of aromatic nitrogens is 2. The number of hydrogen-bond acceptors (Lipinski definition) is 8. The van der Waals surface area contributed by atoms with E-state index in [9.17, 15) is 19.5 Å². The number of aldehydes is 1. The summed E-state index contributed by atoms with van der Waals surface area (Å²) in [5.41, 5.74) is 1.83. The fourth-order valence-electron chi connectivity index (χ4n) is 3.46. The van der Waals surface area contributed by atoms with E-state index in [4.69, 9.17) is 4.74 Å². The summed E-state index contributed by atoms with van der Waals surface area (Å²) in [6, 6.07) is 11.7. The maximum absolute atomic E-state index is 13.0. The van der Waals surface area contributed by atoms with Gasteiger partial charge in [0.05, 0.1) is 23.4 Å². The maximum Gasteiger partial charge on any atom is 0.260 e. The van der Waals surface area contributed by atoms with Crippen molar-refractivity contribution in [3.8, 4) is 22.6 Å². The monoisotopic (exact) mass is 495 g/mol. The van der Waals surface area contributed by atoms with Gasteiger partial charge in [-0.05, 0) is 49.7 Å². The van der Waals surface area contributed by atoms with Crippen LogP contribution in [-0.4, -0.2) is 39.6 Å². The highest BCUT2D eigenvalue weighted by Crippen LogP contribution is 2.37. The van der Waals surface area contributed by atoms with E-state index in [1.165, 1.54) is 29.5 Å². The molecule has 10 heteroatoms. The zero-order valence-corrected chi connectivity index (χ0v) is 20.2. The number of benzene rings is 2. The van der Waals surface area contributed by atoms with Crippen LogP contribution in [0.2, 0.25) is 0 Å². The van der Waals surface area contributed by atoms with Gasteiger partial charge < -0.3 is 20.1 Å². The van der Waals surface area contributed by atoms with Crippen molar-refractivity contribution in [2.24, 2.45) is 0 Å². The van der Waals surface area contributed by atoms with E-state index in [1.54, 1.807) is 14.0 Å². The quantitative estimate of drug-likeness (QED) is 0.148. The molecule has 2 aromatic heterocycles. The topological polar surface area (TPSA) is 121 Å².